The number of carboxylic acids is 1. The molecular weight excluding hydrogens is 262 g/mol. The minimum Gasteiger partial charge on any atom is -0.545 e. The van der Waals surface area contributed by atoms with E-state index in [2.05, 4.69) is 6.07 Å². The first-order valence-electron chi connectivity index (χ1n) is 6.97. The Labute approximate surface area is 121 Å². The third-order valence-corrected chi connectivity index (χ3v) is 4.11. The summed E-state index contributed by atoms with van der Waals surface area (Å²) in [7, 11) is 0. The lowest BCUT2D eigenvalue weighted by molar-refractivity contribution is -0.254. The molecule has 1 aliphatic carbocycles. The molecule has 0 amide bonds. The first kappa shape index (κ1) is 12.1. The molecule has 3 heteroatoms. The molecule has 1 aliphatic rings. The van der Waals surface area contributed by atoms with Crippen LogP contribution in [0, 0.1) is 0 Å². The molecule has 0 unspecified atom stereocenters. The van der Waals surface area contributed by atoms with E-state index in [-0.39, 0.29) is 0 Å². The van der Waals surface area contributed by atoms with Gasteiger partial charge in [0.15, 0.2) is 0 Å². The number of para-hydroxylation sites is 1. The molecule has 1 aromatic heterocycles. The normalized spacial score (nSPS) is 12.8. The van der Waals surface area contributed by atoms with Crippen LogP contribution < -0.4 is 5.11 Å². The Morgan fingerprint density at radius 2 is 1.76 bits per heavy atom. The highest BCUT2D eigenvalue weighted by Crippen LogP contribution is 2.36. The van der Waals surface area contributed by atoms with Gasteiger partial charge >= 0.3 is 0 Å². The predicted molar refractivity (Wildman–Crippen MR) is 78.9 cm³/mol. The number of aromatic carboxylic acids is 1. The van der Waals surface area contributed by atoms with E-state index in [1.54, 1.807) is 6.07 Å². The minimum absolute atomic E-state index is 0.296. The third-order valence-electron chi connectivity index (χ3n) is 4.11. The number of rotatable bonds is 1. The number of aryl methyl sites for hydroxylation is 1. The van der Waals surface area contributed by atoms with E-state index in [0.717, 1.165) is 23.2 Å². The zero-order valence-electron chi connectivity index (χ0n) is 11.3. The minimum atomic E-state index is -1.12. The van der Waals surface area contributed by atoms with E-state index < -0.39 is 5.97 Å². The summed E-state index contributed by atoms with van der Waals surface area (Å²) >= 11 is 0. The number of fused-ring (bicyclic) bond motifs is 4. The fraction of sp³-hybridized carbons (Fsp3) is 0.111. The van der Waals surface area contributed by atoms with Crippen molar-refractivity contribution in [3.63, 3.8) is 0 Å². The maximum absolute atomic E-state index is 11.7. The third kappa shape index (κ3) is 1.74. The van der Waals surface area contributed by atoms with Crippen molar-refractivity contribution in [2.75, 3.05) is 0 Å². The molecule has 0 atom stereocenters. The standard InChI is InChI=1S/C18H13NO2/c20-18(21)16-13-7-3-4-8-15(13)19-17-12-6-2-1-5-11(12)9-10-14(16)17/h1-8H,9-10H2,(H,20,21)/p-1. The highest BCUT2D eigenvalue weighted by molar-refractivity contribution is 6.05. The number of nitrogens with zero attached hydrogens (tertiary/aromatic N) is 1. The number of benzene rings is 2. The van der Waals surface area contributed by atoms with Gasteiger partial charge in [0.2, 0.25) is 0 Å². The Kier molecular flexibility index (Phi) is 2.54. The largest absolute Gasteiger partial charge is 0.545 e. The molecule has 21 heavy (non-hydrogen) atoms. The number of pyridine rings is 1. The van der Waals surface area contributed by atoms with Gasteiger partial charge < -0.3 is 9.90 Å². The van der Waals surface area contributed by atoms with Gasteiger partial charge in [-0.15, -0.1) is 0 Å². The Morgan fingerprint density at radius 3 is 2.62 bits per heavy atom. The van der Waals surface area contributed by atoms with Crippen molar-refractivity contribution in [3.8, 4) is 11.3 Å². The van der Waals surface area contributed by atoms with Crippen LogP contribution in [0.1, 0.15) is 21.5 Å². The fourth-order valence-corrected chi connectivity index (χ4v) is 3.18. The molecule has 1 heterocycles. The summed E-state index contributed by atoms with van der Waals surface area (Å²) < 4.78 is 0. The van der Waals surface area contributed by atoms with Crippen LogP contribution in [0.4, 0.5) is 0 Å². The second-order valence-corrected chi connectivity index (χ2v) is 5.28. The van der Waals surface area contributed by atoms with Crippen molar-refractivity contribution in [3.05, 3.63) is 65.2 Å². The number of carbonyl (C=O) groups is 1. The molecule has 4 rings (SSSR count). The van der Waals surface area contributed by atoms with Gasteiger partial charge in [0.25, 0.3) is 0 Å². The summed E-state index contributed by atoms with van der Waals surface area (Å²) in [6, 6.07) is 15.4. The molecule has 0 N–H and O–H groups in total. The topological polar surface area (TPSA) is 53.0 Å². The molecule has 0 bridgehead atoms. The summed E-state index contributed by atoms with van der Waals surface area (Å²) in [6.07, 6.45) is 1.52. The summed E-state index contributed by atoms with van der Waals surface area (Å²) in [5.41, 5.74) is 4.84. The Balaban J connectivity index is 2.15. The Hall–Kier alpha value is -2.68. The van der Waals surface area contributed by atoms with Gasteiger partial charge in [0.1, 0.15) is 0 Å². The van der Waals surface area contributed by atoms with Gasteiger partial charge in [-0.05, 0) is 30.0 Å². The second kappa shape index (κ2) is 4.42. The number of carbonyl (C=O) groups excluding carboxylic acids is 1. The number of aromatic nitrogens is 1. The summed E-state index contributed by atoms with van der Waals surface area (Å²) in [6.45, 7) is 0. The van der Waals surface area contributed by atoms with Crippen molar-refractivity contribution in [2.45, 2.75) is 12.8 Å². The van der Waals surface area contributed by atoms with E-state index >= 15 is 0 Å². The lowest BCUT2D eigenvalue weighted by Gasteiger charge is -2.23. The van der Waals surface area contributed by atoms with Crippen LogP contribution in [0.2, 0.25) is 0 Å². The van der Waals surface area contributed by atoms with E-state index in [1.807, 2.05) is 36.4 Å². The summed E-state index contributed by atoms with van der Waals surface area (Å²) in [5, 5.41) is 12.3. The number of hydrogen-bond acceptors (Lipinski definition) is 3. The van der Waals surface area contributed by atoms with Crippen LogP contribution in [-0.2, 0) is 12.8 Å². The molecule has 0 fully saturated rings. The van der Waals surface area contributed by atoms with E-state index in [9.17, 15) is 9.90 Å². The van der Waals surface area contributed by atoms with Crippen LogP contribution in [0.3, 0.4) is 0 Å². The molecule has 0 saturated heterocycles. The molecule has 3 nitrogen and oxygen atoms in total. The highest BCUT2D eigenvalue weighted by Gasteiger charge is 2.22. The van der Waals surface area contributed by atoms with E-state index in [0.29, 0.717) is 22.9 Å². The fourth-order valence-electron chi connectivity index (χ4n) is 3.18. The van der Waals surface area contributed by atoms with Crippen molar-refractivity contribution < 1.29 is 9.90 Å². The monoisotopic (exact) mass is 274 g/mol. The molecule has 0 spiro atoms. The first-order valence-corrected chi connectivity index (χ1v) is 6.97. The summed E-state index contributed by atoms with van der Waals surface area (Å²) in [5.74, 6) is -1.12. The van der Waals surface area contributed by atoms with Gasteiger partial charge in [-0.3, -0.25) is 0 Å². The Morgan fingerprint density at radius 1 is 1.00 bits per heavy atom. The molecule has 2 aromatic carbocycles. The molecule has 3 aromatic rings. The smallest absolute Gasteiger partial charge is 0.0751 e. The van der Waals surface area contributed by atoms with Gasteiger partial charge in [-0.25, -0.2) is 4.98 Å². The zero-order chi connectivity index (χ0) is 14.4. The molecular formula is C18H12NO2-. The molecule has 0 saturated carbocycles. The second-order valence-electron chi connectivity index (χ2n) is 5.28. The summed E-state index contributed by atoms with van der Waals surface area (Å²) in [4.78, 5) is 16.4. The average molecular weight is 274 g/mol. The quantitative estimate of drug-likeness (QED) is 0.684. The van der Waals surface area contributed by atoms with Crippen molar-refractivity contribution in [2.24, 2.45) is 0 Å². The van der Waals surface area contributed by atoms with Crippen LogP contribution in [-0.4, -0.2) is 11.0 Å². The lowest BCUT2D eigenvalue weighted by Crippen LogP contribution is -2.26. The van der Waals surface area contributed by atoms with Crippen LogP contribution in [0.15, 0.2) is 48.5 Å². The average Bonchev–Trinajstić information content (AvgIpc) is 2.52. The Bertz CT molecular complexity index is 884. The van der Waals surface area contributed by atoms with Gasteiger partial charge in [-0.1, -0.05) is 42.5 Å². The predicted octanol–water partition coefficient (Wildman–Crippen LogP) is 2.36. The van der Waals surface area contributed by atoms with E-state index in [1.165, 1.54) is 5.56 Å². The van der Waals surface area contributed by atoms with Crippen molar-refractivity contribution in [1.29, 1.82) is 0 Å². The van der Waals surface area contributed by atoms with Crippen LogP contribution >= 0.6 is 0 Å². The molecule has 102 valence electrons. The van der Waals surface area contributed by atoms with Crippen molar-refractivity contribution >= 4 is 16.9 Å². The van der Waals surface area contributed by atoms with Crippen LogP contribution in [0.5, 0.6) is 0 Å². The highest BCUT2D eigenvalue weighted by atomic mass is 16.4. The maximum atomic E-state index is 11.7. The van der Waals surface area contributed by atoms with Crippen molar-refractivity contribution in [1.82, 2.24) is 4.98 Å². The zero-order valence-corrected chi connectivity index (χ0v) is 11.3. The number of carboxylic acid groups (broad SMARTS) is 1. The van der Waals surface area contributed by atoms with Gasteiger partial charge in [-0.2, -0.15) is 0 Å². The molecule has 0 radical (unpaired) electrons. The lowest BCUT2D eigenvalue weighted by atomic mass is 9.85. The molecule has 0 aliphatic heterocycles. The van der Waals surface area contributed by atoms with Crippen LogP contribution in [0.25, 0.3) is 22.2 Å². The first-order chi connectivity index (χ1) is 10.3. The van der Waals surface area contributed by atoms with Gasteiger partial charge in [0.05, 0.1) is 17.2 Å². The van der Waals surface area contributed by atoms with E-state index in [4.69, 9.17) is 4.98 Å². The SMILES string of the molecule is O=C([O-])c1c2c(nc3ccccc13)-c1ccccc1CC2. The van der Waals surface area contributed by atoms with Gasteiger partial charge in [0, 0.05) is 16.5 Å². The maximum Gasteiger partial charge on any atom is 0.0751 e. The number of hydrogen-bond donors (Lipinski definition) is 0.